The molecule has 1 aromatic heterocycles. The normalized spacial score (nSPS) is 22.4. The van der Waals surface area contributed by atoms with Crippen LogP contribution in [0.25, 0.3) is 10.1 Å². The van der Waals surface area contributed by atoms with Crippen LogP contribution >= 0.6 is 11.5 Å². The molecular formula is C20H25N3O4S. The SMILES string of the molecule is CC(C)(C)OC(=O)N1CCCC2CN(c3ccc4c(C(=O)O)nsc4c3)CC21. The van der Waals surface area contributed by atoms with Crippen molar-refractivity contribution in [2.24, 2.45) is 5.92 Å². The molecule has 0 bridgehead atoms. The van der Waals surface area contributed by atoms with Crippen molar-refractivity contribution >= 4 is 39.4 Å². The maximum Gasteiger partial charge on any atom is 0.410 e. The summed E-state index contributed by atoms with van der Waals surface area (Å²) in [5.41, 5.74) is 0.658. The van der Waals surface area contributed by atoms with Gasteiger partial charge in [-0.15, -0.1) is 0 Å². The number of carboxylic acids is 1. The van der Waals surface area contributed by atoms with Gasteiger partial charge >= 0.3 is 12.1 Å². The summed E-state index contributed by atoms with van der Waals surface area (Å²) in [5, 5.41) is 9.91. The van der Waals surface area contributed by atoms with Gasteiger partial charge in [-0.2, -0.15) is 4.37 Å². The van der Waals surface area contributed by atoms with E-state index in [1.165, 1.54) is 11.5 Å². The average molecular weight is 404 g/mol. The molecule has 1 amide bonds. The van der Waals surface area contributed by atoms with Crippen LogP contribution in [0.4, 0.5) is 10.5 Å². The van der Waals surface area contributed by atoms with Gasteiger partial charge in [-0.05, 0) is 69.3 Å². The van der Waals surface area contributed by atoms with Gasteiger partial charge in [0.25, 0.3) is 0 Å². The number of amides is 1. The largest absolute Gasteiger partial charge is 0.476 e. The summed E-state index contributed by atoms with van der Waals surface area (Å²) in [4.78, 5) is 28.1. The van der Waals surface area contributed by atoms with Crippen molar-refractivity contribution in [2.75, 3.05) is 24.5 Å². The smallest absolute Gasteiger partial charge is 0.410 e. The fourth-order valence-electron chi connectivity index (χ4n) is 4.22. The zero-order valence-corrected chi connectivity index (χ0v) is 17.2. The van der Waals surface area contributed by atoms with E-state index in [0.29, 0.717) is 11.3 Å². The number of benzene rings is 1. The Morgan fingerprint density at radius 2 is 2.07 bits per heavy atom. The molecule has 0 saturated carbocycles. The van der Waals surface area contributed by atoms with Crippen molar-refractivity contribution in [3.63, 3.8) is 0 Å². The molecule has 2 unspecified atom stereocenters. The van der Waals surface area contributed by atoms with Gasteiger partial charge in [0.2, 0.25) is 0 Å². The molecule has 2 fully saturated rings. The summed E-state index contributed by atoms with van der Waals surface area (Å²) < 4.78 is 10.5. The van der Waals surface area contributed by atoms with Crippen LogP contribution < -0.4 is 4.90 Å². The van der Waals surface area contributed by atoms with Gasteiger partial charge in [-0.25, -0.2) is 9.59 Å². The van der Waals surface area contributed by atoms with Crippen LogP contribution in [0.1, 0.15) is 44.1 Å². The summed E-state index contributed by atoms with van der Waals surface area (Å²) in [6.07, 6.45) is 1.87. The van der Waals surface area contributed by atoms with Gasteiger partial charge in [0.15, 0.2) is 5.69 Å². The van der Waals surface area contributed by atoms with Crippen LogP contribution in [0.2, 0.25) is 0 Å². The van der Waals surface area contributed by atoms with E-state index in [1.807, 2.05) is 43.9 Å². The Kier molecular flexibility index (Phi) is 4.69. The van der Waals surface area contributed by atoms with E-state index < -0.39 is 11.6 Å². The minimum atomic E-state index is -1.00. The fourth-order valence-corrected chi connectivity index (χ4v) is 5.02. The Balaban J connectivity index is 1.54. The highest BCUT2D eigenvalue weighted by Gasteiger charge is 2.42. The first-order valence-electron chi connectivity index (χ1n) is 9.60. The minimum absolute atomic E-state index is 0.109. The molecule has 2 aromatic rings. The predicted molar refractivity (Wildman–Crippen MR) is 108 cm³/mol. The number of piperidine rings is 1. The van der Waals surface area contributed by atoms with Crippen molar-refractivity contribution in [3.8, 4) is 0 Å². The molecular weight excluding hydrogens is 378 g/mol. The lowest BCUT2D eigenvalue weighted by Crippen LogP contribution is -2.50. The van der Waals surface area contributed by atoms with E-state index in [2.05, 4.69) is 9.27 Å². The highest BCUT2D eigenvalue weighted by molar-refractivity contribution is 7.13. The van der Waals surface area contributed by atoms with E-state index in [9.17, 15) is 14.7 Å². The topological polar surface area (TPSA) is 83.0 Å². The predicted octanol–water partition coefficient (Wildman–Crippen LogP) is 3.83. The molecule has 7 nitrogen and oxygen atoms in total. The van der Waals surface area contributed by atoms with Crippen LogP contribution in [0.3, 0.4) is 0 Å². The molecule has 0 radical (unpaired) electrons. The second kappa shape index (κ2) is 6.92. The number of hydrogen-bond acceptors (Lipinski definition) is 6. The number of rotatable bonds is 2. The highest BCUT2D eigenvalue weighted by atomic mass is 32.1. The monoisotopic (exact) mass is 403 g/mol. The average Bonchev–Trinajstić information content (AvgIpc) is 3.23. The molecule has 2 atom stereocenters. The van der Waals surface area contributed by atoms with Crippen LogP contribution in [-0.2, 0) is 4.74 Å². The third kappa shape index (κ3) is 3.53. The number of ether oxygens (including phenoxy) is 1. The van der Waals surface area contributed by atoms with E-state index in [4.69, 9.17) is 4.74 Å². The molecule has 2 saturated heterocycles. The molecule has 8 heteroatoms. The number of anilines is 1. The number of fused-ring (bicyclic) bond motifs is 2. The summed E-state index contributed by atoms with van der Waals surface area (Å²) >= 11 is 1.21. The molecule has 2 aliphatic heterocycles. The molecule has 4 rings (SSSR count). The van der Waals surface area contributed by atoms with Gasteiger partial charge in [0.1, 0.15) is 5.60 Å². The molecule has 1 aromatic carbocycles. The Bertz CT molecular complexity index is 920. The zero-order valence-electron chi connectivity index (χ0n) is 16.3. The maximum atomic E-state index is 12.7. The lowest BCUT2D eigenvalue weighted by atomic mass is 9.92. The van der Waals surface area contributed by atoms with Gasteiger partial charge in [-0.1, -0.05) is 0 Å². The van der Waals surface area contributed by atoms with Crippen LogP contribution in [-0.4, -0.2) is 57.7 Å². The lowest BCUT2D eigenvalue weighted by Gasteiger charge is -2.37. The summed E-state index contributed by atoms with van der Waals surface area (Å²) in [6.45, 7) is 8.06. The number of carbonyl (C=O) groups excluding carboxylic acids is 1. The van der Waals surface area contributed by atoms with Crippen LogP contribution in [0.15, 0.2) is 18.2 Å². The van der Waals surface area contributed by atoms with Crippen LogP contribution in [0, 0.1) is 5.92 Å². The van der Waals surface area contributed by atoms with Crippen LogP contribution in [0.5, 0.6) is 0 Å². The Morgan fingerprint density at radius 1 is 1.29 bits per heavy atom. The van der Waals surface area contributed by atoms with Crippen molar-refractivity contribution < 1.29 is 19.4 Å². The molecule has 0 aliphatic carbocycles. The number of aromatic nitrogens is 1. The third-order valence-corrected chi connectivity index (χ3v) is 6.24. The van der Waals surface area contributed by atoms with Gasteiger partial charge in [0.05, 0.1) is 10.7 Å². The molecule has 0 spiro atoms. The standard InChI is InChI=1S/C20H25N3O4S/c1-20(2,3)27-19(26)23-8-4-5-12-10-22(11-15(12)23)13-6-7-14-16(9-13)28-21-17(14)18(24)25/h6-7,9,12,15H,4-5,8,10-11H2,1-3H3,(H,24,25). The minimum Gasteiger partial charge on any atom is -0.476 e. The Labute approximate surface area is 168 Å². The maximum absolute atomic E-state index is 12.7. The summed E-state index contributed by atoms with van der Waals surface area (Å²) in [7, 11) is 0. The third-order valence-electron chi connectivity index (χ3n) is 5.43. The second-order valence-corrected chi connectivity index (χ2v) is 9.37. The van der Waals surface area contributed by atoms with E-state index >= 15 is 0 Å². The van der Waals surface area contributed by atoms with Crippen molar-refractivity contribution in [1.82, 2.24) is 9.27 Å². The number of carbonyl (C=O) groups is 2. The second-order valence-electron chi connectivity index (χ2n) is 8.57. The number of hydrogen-bond donors (Lipinski definition) is 1. The van der Waals surface area contributed by atoms with Crippen molar-refractivity contribution in [3.05, 3.63) is 23.9 Å². The number of aromatic carboxylic acids is 1. The van der Waals surface area contributed by atoms with Gasteiger partial charge < -0.3 is 19.6 Å². The molecule has 150 valence electrons. The Hall–Kier alpha value is -2.35. The Morgan fingerprint density at radius 3 is 2.79 bits per heavy atom. The zero-order chi connectivity index (χ0) is 20.1. The van der Waals surface area contributed by atoms with E-state index in [0.717, 1.165) is 42.9 Å². The van der Waals surface area contributed by atoms with Gasteiger partial charge in [-0.3, -0.25) is 0 Å². The van der Waals surface area contributed by atoms with Gasteiger partial charge in [0, 0.05) is 30.7 Å². The molecule has 3 heterocycles. The first kappa shape index (κ1) is 19.0. The fraction of sp³-hybridized carbons (Fsp3) is 0.550. The quantitative estimate of drug-likeness (QED) is 0.821. The highest BCUT2D eigenvalue weighted by Crippen LogP contribution is 2.36. The first-order valence-corrected chi connectivity index (χ1v) is 10.4. The molecule has 1 N–H and O–H groups in total. The number of likely N-dealkylation sites (tertiary alicyclic amines) is 1. The first-order chi connectivity index (χ1) is 13.2. The summed E-state index contributed by atoms with van der Waals surface area (Å²) in [6, 6.07) is 5.95. The number of carboxylic acid groups (broad SMARTS) is 1. The lowest BCUT2D eigenvalue weighted by molar-refractivity contribution is 0.00668. The summed E-state index contributed by atoms with van der Waals surface area (Å²) in [5.74, 6) is -0.577. The van der Waals surface area contributed by atoms with Crippen molar-refractivity contribution in [2.45, 2.75) is 45.3 Å². The van der Waals surface area contributed by atoms with Crippen molar-refractivity contribution in [1.29, 1.82) is 0 Å². The molecule has 2 aliphatic rings. The molecule has 28 heavy (non-hydrogen) atoms. The van der Waals surface area contributed by atoms with E-state index in [1.54, 1.807) is 0 Å². The number of nitrogens with zero attached hydrogens (tertiary/aromatic N) is 3. The van der Waals surface area contributed by atoms with E-state index in [-0.39, 0.29) is 17.8 Å².